The molecule has 1 nitrogen and oxygen atoms in total. The molecule has 100 valence electrons. The summed E-state index contributed by atoms with van der Waals surface area (Å²) in [7, 11) is 0.522. The first-order valence-electron chi connectivity index (χ1n) is 7.42. The van der Waals surface area contributed by atoms with E-state index in [0.29, 0.717) is 7.92 Å². The molecule has 0 aromatic heterocycles. The highest BCUT2D eigenvalue weighted by Gasteiger charge is 2.19. The first-order chi connectivity index (χ1) is 8.95. The van der Waals surface area contributed by atoms with Crippen molar-refractivity contribution in [3.8, 4) is 0 Å². The smallest absolute Gasteiger partial charge is 0.000442 e. The third kappa shape index (κ3) is 5.40. The molecule has 0 aliphatic carbocycles. The van der Waals surface area contributed by atoms with Crippen LogP contribution in [0.15, 0.2) is 36.7 Å². The second-order valence-electron chi connectivity index (χ2n) is 5.40. The molecule has 0 unspecified atom stereocenters. The average molecular weight is 263 g/mol. The molecule has 18 heavy (non-hydrogen) atoms. The molecular weight excluding hydrogens is 237 g/mol. The molecule has 0 spiro atoms. The summed E-state index contributed by atoms with van der Waals surface area (Å²) in [4.78, 5) is 0. The summed E-state index contributed by atoms with van der Waals surface area (Å²) in [5, 5.41) is 2.92. The van der Waals surface area contributed by atoms with Gasteiger partial charge in [0.1, 0.15) is 0 Å². The van der Waals surface area contributed by atoms with Gasteiger partial charge in [-0.1, -0.05) is 31.4 Å². The van der Waals surface area contributed by atoms with E-state index in [0.717, 1.165) is 5.92 Å². The Bertz CT molecular complexity index is 256. The molecule has 1 N–H and O–H groups in total. The van der Waals surface area contributed by atoms with Crippen LogP contribution in [0.5, 0.6) is 0 Å². The Morgan fingerprint density at radius 2 is 1.22 bits per heavy atom. The van der Waals surface area contributed by atoms with Gasteiger partial charge in [0.05, 0.1) is 0 Å². The summed E-state index contributed by atoms with van der Waals surface area (Å²) in [6.07, 6.45) is 25.8. The molecular formula is C16H26NP. The van der Waals surface area contributed by atoms with E-state index in [4.69, 9.17) is 0 Å². The molecule has 0 aromatic rings. The monoisotopic (exact) mass is 263 g/mol. The van der Waals surface area contributed by atoms with Crippen LogP contribution in [0.1, 0.15) is 38.5 Å². The highest BCUT2D eigenvalue weighted by Crippen LogP contribution is 2.44. The van der Waals surface area contributed by atoms with Gasteiger partial charge in [0.15, 0.2) is 0 Å². The summed E-state index contributed by atoms with van der Waals surface area (Å²) in [5.41, 5.74) is 0. The summed E-state index contributed by atoms with van der Waals surface area (Å²) in [5.74, 6) is 1.13. The van der Waals surface area contributed by atoms with Crippen molar-refractivity contribution in [1.29, 1.82) is 0 Å². The van der Waals surface area contributed by atoms with Gasteiger partial charge in [-0.25, -0.2) is 0 Å². The second kappa shape index (κ2) is 8.53. The number of allylic oxidation sites excluding steroid dienone is 4. The van der Waals surface area contributed by atoms with Crippen molar-refractivity contribution >= 4 is 7.92 Å². The predicted octanol–water partition coefficient (Wildman–Crippen LogP) is 4.63. The predicted molar refractivity (Wildman–Crippen MR) is 83.3 cm³/mol. The summed E-state index contributed by atoms with van der Waals surface area (Å²) >= 11 is 0. The highest BCUT2D eigenvalue weighted by molar-refractivity contribution is 7.57. The number of fused-ring (bicyclic) bond motifs is 6. The van der Waals surface area contributed by atoms with Crippen molar-refractivity contribution in [2.75, 3.05) is 18.5 Å². The maximum Gasteiger partial charge on any atom is 0.000442 e. The van der Waals surface area contributed by atoms with Crippen LogP contribution in [-0.4, -0.2) is 18.5 Å². The van der Waals surface area contributed by atoms with E-state index in [-0.39, 0.29) is 0 Å². The Morgan fingerprint density at radius 3 is 1.72 bits per heavy atom. The van der Waals surface area contributed by atoms with E-state index in [1.807, 2.05) is 36.7 Å². The molecule has 0 saturated carbocycles. The van der Waals surface area contributed by atoms with Crippen molar-refractivity contribution in [3.05, 3.63) is 36.7 Å². The quantitative estimate of drug-likeness (QED) is 0.628. The van der Waals surface area contributed by atoms with Gasteiger partial charge in [-0.15, -0.1) is 7.92 Å². The van der Waals surface area contributed by atoms with E-state index in [1.54, 1.807) is 57.0 Å². The number of nitrogens with one attached hydrogen (secondary N) is 1. The Labute approximate surface area is 113 Å². The van der Waals surface area contributed by atoms with Gasteiger partial charge in [-0.2, -0.15) is 0 Å². The molecule has 4 rings (SSSR count). The minimum Gasteiger partial charge on any atom is -0.368 e. The van der Waals surface area contributed by atoms with Crippen LogP contribution in [0.25, 0.3) is 0 Å². The molecule has 0 atom stereocenters. The van der Waals surface area contributed by atoms with Crippen LogP contribution in [0.3, 0.4) is 0 Å². The lowest BCUT2D eigenvalue weighted by Crippen LogP contribution is -2.12. The van der Waals surface area contributed by atoms with Gasteiger partial charge in [0.2, 0.25) is 0 Å². The lowest BCUT2D eigenvalue weighted by molar-refractivity contribution is 0.398. The summed E-state index contributed by atoms with van der Waals surface area (Å²) < 4.78 is 0. The lowest BCUT2D eigenvalue weighted by Gasteiger charge is -2.29. The zero-order chi connectivity index (χ0) is 12.5. The van der Waals surface area contributed by atoms with Gasteiger partial charge in [-0.05, 0) is 55.8 Å². The maximum absolute atomic E-state index is 2.92. The zero-order valence-corrected chi connectivity index (χ0v) is 12.2. The second-order valence-corrected chi connectivity index (χ2v) is 8.09. The van der Waals surface area contributed by atoms with Gasteiger partial charge in [-0.3, -0.25) is 0 Å². The fraction of sp³-hybridized carbons (Fsp3) is 0.625. The minimum atomic E-state index is 0.522. The molecule has 3 saturated heterocycles. The van der Waals surface area contributed by atoms with Gasteiger partial charge < -0.3 is 5.32 Å². The Hall–Kier alpha value is -0.550. The van der Waals surface area contributed by atoms with Crippen LogP contribution in [-0.2, 0) is 0 Å². The highest BCUT2D eigenvalue weighted by atomic mass is 31.1. The Balaban J connectivity index is 0.000000149. The van der Waals surface area contributed by atoms with Crippen LogP contribution in [0.4, 0.5) is 0 Å². The number of hydrogen-bond donors (Lipinski definition) is 1. The van der Waals surface area contributed by atoms with Gasteiger partial charge in [0, 0.05) is 12.4 Å². The van der Waals surface area contributed by atoms with Gasteiger partial charge >= 0.3 is 0 Å². The SMILES string of the molecule is C1=CC=CNC=C1.C1CC2CCCP(C1)CCC2. The normalized spacial score (nSPS) is 30.2. The molecule has 0 radical (unpaired) electrons. The largest absolute Gasteiger partial charge is 0.368 e. The molecule has 4 aliphatic rings. The van der Waals surface area contributed by atoms with Crippen molar-refractivity contribution in [1.82, 2.24) is 5.32 Å². The van der Waals surface area contributed by atoms with Crippen LogP contribution in [0, 0.1) is 5.92 Å². The fourth-order valence-corrected chi connectivity index (χ4v) is 5.55. The molecule has 0 aromatic carbocycles. The Morgan fingerprint density at radius 1 is 0.722 bits per heavy atom. The lowest BCUT2D eigenvalue weighted by atomic mass is 9.93. The maximum atomic E-state index is 2.92. The summed E-state index contributed by atoms with van der Waals surface area (Å²) in [6.45, 7) is 0. The Kier molecular flexibility index (Phi) is 6.58. The first-order valence-corrected chi connectivity index (χ1v) is 9.31. The van der Waals surface area contributed by atoms with E-state index < -0.39 is 0 Å². The van der Waals surface area contributed by atoms with Crippen molar-refractivity contribution < 1.29 is 0 Å². The van der Waals surface area contributed by atoms with Crippen molar-refractivity contribution in [3.63, 3.8) is 0 Å². The van der Waals surface area contributed by atoms with E-state index in [9.17, 15) is 0 Å². The third-order valence-corrected chi connectivity index (χ3v) is 6.82. The molecule has 2 heteroatoms. The molecule has 0 amide bonds. The first kappa shape index (κ1) is 13.9. The third-order valence-electron chi connectivity index (χ3n) is 3.98. The van der Waals surface area contributed by atoms with Crippen LogP contribution < -0.4 is 5.32 Å². The van der Waals surface area contributed by atoms with Crippen molar-refractivity contribution in [2.45, 2.75) is 38.5 Å². The zero-order valence-electron chi connectivity index (χ0n) is 11.4. The average Bonchev–Trinajstić information content (AvgIpc) is 2.58. The van der Waals surface area contributed by atoms with E-state index in [1.165, 1.54) is 0 Å². The van der Waals surface area contributed by atoms with Crippen LogP contribution in [0.2, 0.25) is 0 Å². The fourth-order valence-electron chi connectivity index (χ4n) is 2.99. The standard InChI is InChI=1S/C10H19P.C6H7N/c1-4-10-5-2-8-11(7-1)9-3-6-10;1-2-4-6-7-5-3-1/h10H,1-9H2;1-7H. The van der Waals surface area contributed by atoms with Crippen molar-refractivity contribution in [2.24, 2.45) is 5.92 Å². The minimum absolute atomic E-state index is 0.522. The summed E-state index contributed by atoms with van der Waals surface area (Å²) in [6, 6.07) is 0. The topological polar surface area (TPSA) is 12.0 Å². The molecule has 3 fully saturated rings. The number of rotatable bonds is 0. The van der Waals surface area contributed by atoms with E-state index in [2.05, 4.69) is 5.32 Å². The molecule has 4 heterocycles. The van der Waals surface area contributed by atoms with E-state index >= 15 is 0 Å². The van der Waals surface area contributed by atoms with Crippen LogP contribution >= 0.6 is 7.92 Å². The molecule has 2 bridgehead atoms. The molecule has 4 aliphatic heterocycles. The van der Waals surface area contributed by atoms with Gasteiger partial charge in [0.25, 0.3) is 0 Å². The number of hydrogen-bond acceptors (Lipinski definition) is 1.